The largest absolute Gasteiger partial charge is 0.515 e. The second kappa shape index (κ2) is 6.14. The molecule has 0 heterocycles. The summed E-state index contributed by atoms with van der Waals surface area (Å²) in [4.78, 5) is 28.1. The molecule has 0 atom stereocenters. The smallest absolute Gasteiger partial charge is 0.354 e. The van der Waals surface area contributed by atoms with Gasteiger partial charge in [-0.2, -0.15) is 0 Å². The Morgan fingerprint density at radius 3 is 1.39 bits per heavy atom. The molecule has 0 aromatic heterocycles. The van der Waals surface area contributed by atoms with Gasteiger partial charge in [-0.25, -0.2) is 9.59 Å². The average Bonchev–Trinajstić information content (AvgIpc) is 2.07. The van der Waals surface area contributed by atoms with E-state index >= 15 is 0 Å². The zero-order chi connectivity index (χ0) is 14.6. The van der Waals surface area contributed by atoms with E-state index in [4.69, 9.17) is 8.85 Å². The van der Waals surface area contributed by atoms with E-state index in [0.717, 1.165) is 0 Å². The Hall–Kier alpha value is -1.16. The lowest BCUT2D eigenvalue weighted by atomic mass is 10.4. The molecule has 0 fully saturated rings. The summed E-state index contributed by atoms with van der Waals surface area (Å²) in [6, 6.07) is 0. The number of carbonyl (C=O) groups is 2. The maximum Gasteiger partial charge on any atom is 0.354 e. The van der Waals surface area contributed by atoms with E-state index in [9.17, 15) is 9.59 Å². The van der Waals surface area contributed by atoms with E-state index < -0.39 is 34.3 Å². The molecule has 0 aliphatic heterocycles. The summed E-state index contributed by atoms with van der Waals surface area (Å²) in [6.45, 7) is 11.0. The molecule has 104 valence electrons. The van der Waals surface area contributed by atoms with Crippen LogP contribution in [0.5, 0.6) is 0 Å². The fourth-order valence-corrected chi connectivity index (χ4v) is 2.21. The van der Waals surface area contributed by atoms with Crippen LogP contribution in [0.2, 0.25) is 39.3 Å². The molecule has 0 rings (SSSR count). The van der Waals surface area contributed by atoms with Crippen LogP contribution in [-0.4, -0.2) is 41.4 Å². The highest BCUT2D eigenvalue weighted by Gasteiger charge is 2.32. The number of carbonyl (C=O) groups excluding carboxylic acids is 2. The van der Waals surface area contributed by atoms with E-state index in [0.29, 0.717) is 0 Å². The average molecular weight is 291 g/mol. The molecule has 0 saturated heterocycles. The van der Waals surface area contributed by atoms with E-state index in [2.05, 4.69) is 9.99 Å². The third-order valence-electron chi connectivity index (χ3n) is 1.37. The van der Waals surface area contributed by atoms with Crippen LogP contribution < -0.4 is 0 Å². The number of nitrogens with zero attached hydrogens (tertiary/aromatic N) is 1. The lowest BCUT2D eigenvalue weighted by Gasteiger charge is -2.20. The Morgan fingerprint density at radius 2 is 1.17 bits per heavy atom. The molecule has 0 bridgehead atoms. The standard InChI is InChI=1S/C10H21NO5Si2/c1-14-11-8(9(12)15-17(2,3)4)10(13)16-18(5,6)7/h1-7H3. The van der Waals surface area contributed by atoms with Gasteiger partial charge in [-0.15, -0.1) is 0 Å². The molecular weight excluding hydrogens is 270 g/mol. The number of rotatable bonds is 5. The number of hydrogen-bond acceptors (Lipinski definition) is 6. The minimum absolute atomic E-state index is 0.442. The highest BCUT2D eigenvalue weighted by molar-refractivity contribution is 6.78. The molecule has 0 aromatic carbocycles. The summed E-state index contributed by atoms with van der Waals surface area (Å²) >= 11 is 0. The fourth-order valence-electron chi connectivity index (χ4n) is 0.902. The van der Waals surface area contributed by atoms with Gasteiger partial charge in [-0.1, -0.05) is 5.16 Å². The lowest BCUT2D eigenvalue weighted by Crippen LogP contribution is -2.40. The molecule has 0 aliphatic carbocycles. The number of hydrogen-bond donors (Lipinski definition) is 0. The minimum atomic E-state index is -2.10. The van der Waals surface area contributed by atoms with Crippen LogP contribution in [0.4, 0.5) is 0 Å². The SMILES string of the molecule is CON=C(C(=O)O[Si](C)(C)C)C(=O)O[Si](C)(C)C. The van der Waals surface area contributed by atoms with Gasteiger partial charge in [0, 0.05) is 0 Å². The molecule has 0 spiro atoms. The van der Waals surface area contributed by atoms with Crippen LogP contribution in [0.25, 0.3) is 0 Å². The molecule has 8 heteroatoms. The summed E-state index contributed by atoms with van der Waals surface area (Å²) < 4.78 is 10.4. The first kappa shape index (κ1) is 16.8. The van der Waals surface area contributed by atoms with Crippen LogP contribution in [-0.2, 0) is 23.3 Å². The predicted octanol–water partition coefficient (Wildman–Crippen LogP) is 1.75. The molecule has 0 unspecified atom stereocenters. The molecule has 0 amide bonds. The fraction of sp³-hybridized carbons (Fsp3) is 0.700. The van der Waals surface area contributed by atoms with Crippen molar-refractivity contribution in [2.75, 3.05) is 7.11 Å². The maximum atomic E-state index is 11.8. The van der Waals surface area contributed by atoms with Crippen molar-refractivity contribution in [1.29, 1.82) is 0 Å². The minimum Gasteiger partial charge on any atom is -0.515 e. The van der Waals surface area contributed by atoms with Gasteiger partial charge in [-0.05, 0) is 39.3 Å². The van der Waals surface area contributed by atoms with E-state index in [1.54, 1.807) is 0 Å². The molecular formula is C10H21NO5Si2. The summed E-state index contributed by atoms with van der Waals surface area (Å²) in [5.74, 6) is -1.58. The van der Waals surface area contributed by atoms with Gasteiger partial charge in [0.2, 0.25) is 16.6 Å². The van der Waals surface area contributed by atoms with Crippen molar-refractivity contribution in [2.45, 2.75) is 39.3 Å². The van der Waals surface area contributed by atoms with Crippen LogP contribution in [0, 0.1) is 0 Å². The molecule has 0 aromatic rings. The molecule has 0 aliphatic rings. The van der Waals surface area contributed by atoms with Gasteiger partial charge in [0.25, 0.3) is 5.71 Å². The summed E-state index contributed by atoms with van der Waals surface area (Å²) in [6.07, 6.45) is 0. The number of oxime groups is 1. The highest BCUT2D eigenvalue weighted by atomic mass is 28.4. The van der Waals surface area contributed by atoms with Gasteiger partial charge < -0.3 is 13.7 Å². The maximum absolute atomic E-state index is 11.8. The normalized spacial score (nSPS) is 11.5. The van der Waals surface area contributed by atoms with Crippen molar-refractivity contribution in [3.8, 4) is 0 Å². The van der Waals surface area contributed by atoms with Gasteiger partial charge in [-0.3, -0.25) is 0 Å². The second-order valence-corrected chi connectivity index (χ2v) is 14.5. The quantitative estimate of drug-likeness (QED) is 0.334. The monoisotopic (exact) mass is 291 g/mol. The third-order valence-corrected chi connectivity index (χ3v) is 2.96. The highest BCUT2D eigenvalue weighted by Crippen LogP contribution is 2.08. The Morgan fingerprint density at radius 1 is 0.833 bits per heavy atom. The summed E-state index contributed by atoms with van der Waals surface area (Å²) in [7, 11) is -2.94. The Balaban J connectivity index is 4.94. The zero-order valence-electron chi connectivity index (χ0n) is 12.0. The first-order chi connectivity index (χ1) is 7.96. The predicted molar refractivity (Wildman–Crippen MR) is 73.3 cm³/mol. The van der Waals surface area contributed by atoms with E-state index in [-0.39, 0.29) is 0 Å². The van der Waals surface area contributed by atoms with E-state index in [1.165, 1.54) is 7.11 Å². The molecule has 0 radical (unpaired) electrons. The van der Waals surface area contributed by atoms with Crippen LogP contribution in [0.15, 0.2) is 5.16 Å². The third kappa shape index (κ3) is 7.22. The lowest BCUT2D eigenvalue weighted by molar-refractivity contribution is -0.132. The van der Waals surface area contributed by atoms with Crippen molar-refractivity contribution in [3.63, 3.8) is 0 Å². The molecule has 0 saturated carbocycles. The van der Waals surface area contributed by atoms with Crippen LogP contribution >= 0.6 is 0 Å². The molecule has 18 heavy (non-hydrogen) atoms. The van der Waals surface area contributed by atoms with Crippen LogP contribution in [0.1, 0.15) is 0 Å². The first-order valence-electron chi connectivity index (χ1n) is 5.54. The van der Waals surface area contributed by atoms with Gasteiger partial charge in [0.05, 0.1) is 0 Å². The summed E-state index contributed by atoms with van der Waals surface area (Å²) in [5.41, 5.74) is -0.442. The van der Waals surface area contributed by atoms with Crippen molar-refractivity contribution in [3.05, 3.63) is 0 Å². The van der Waals surface area contributed by atoms with Crippen molar-refractivity contribution in [1.82, 2.24) is 0 Å². The second-order valence-electron chi connectivity index (χ2n) is 5.63. The molecule has 0 N–H and O–H groups in total. The van der Waals surface area contributed by atoms with Crippen molar-refractivity contribution < 1.29 is 23.3 Å². The van der Waals surface area contributed by atoms with E-state index in [1.807, 2.05) is 39.3 Å². The van der Waals surface area contributed by atoms with Gasteiger partial charge in [0.15, 0.2) is 0 Å². The first-order valence-corrected chi connectivity index (χ1v) is 12.4. The summed E-state index contributed by atoms with van der Waals surface area (Å²) in [5, 5.41) is 3.40. The van der Waals surface area contributed by atoms with Gasteiger partial charge in [0.1, 0.15) is 7.11 Å². The topological polar surface area (TPSA) is 74.2 Å². The Labute approximate surface area is 110 Å². The Bertz CT molecular complexity index is 324. The van der Waals surface area contributed by atoms with Crippen molar-refractivity contribution in [2.24, 2.45) is 5.16 Å². The van der Waals surface area contributed by atoms with Gasteiger partial charge >= 0.3 is 11.9 Å². The Kier molecular flexibility index (Phi) is 5.75. The zero-order valence-corrected chi connectivity index (χ0v) is 14.0. The van der Waals surface area contributed by atoms with Crippen LogP contribution in [0.3, 0.4) is 0 Å². The molecule has 6 nitrogen and oxygen atoms in total. The van der Waals surface area contributed by atoms with Crippen molar-refractivity contribution >= 4 is 34.3 Å².